The normalized spacial score (nSPS) is 53.7. The largest absolute Gasteiger partial charge is 0.644 e. The van der Waals surface area contributed by atoms with Crippen molar-refractivity contribution in [3.05, 3.63) is 17.5 Å². The van der Waals surface area contributed by atoms with Gasteiger partial charge in [-0.15, -0.1) is 6.04 Å². The van der Waals surface area contributed by atoms with Crippen molar-refractivity contribution < 1.29 is 0 Å². The van der Waals surface area contributed by atoms with Crippen LogP contribution in [0.15, 0.2) is 12.2 Å². The van der Waals surface area contributed by atoms with E-state index < -0.39 is 0 Å². The number of nitrogens with zero attached hydrogens (tertiary/aromatic N) is 2. The Labute approximate surface area is 360 Å². The molecule has 0 aromatic carbocycles. The van der Waals surface area contributed by atoms with Gasteiger partial charge in [-0.25, -0.2) is 0 Å². The Morgan fingerprint density at radius 3 is 1.88 bits per heavy atom. The molecule has 12 aliphatic rings. The van der Waals surface area contributed by atoms with E-state index in [0.717, 1.165) is 112 Å². The Morgan fingerprint density at radius 1 is 0.431 bits per heavy atom. The lowest BCUT2D eigenvalue weighted by molar-refractivity contribution is -0.0348. The van der Waals surface area contributed by atoms with Gasteiger partial charge in [-0.2, -0.15) is 11.8 Å². The van der Waals surface area contributed by atoms with Gasteiger partial charge in [0.2, 0.25) is 0 Å². The van der Waals surface area contributed by atoms with Gasteiger partial charge in [-0.05, 0) is 205 Å². The summed E-state index contributed by atoms with van der Waals surface area (Å²) in [7, 11) is 0. The van der Waals surface area contributed by atoms with Crippen LogP contribution in [0.25, 0.3) is 5.32 Å². The molecule has 58 heavy (non-hydrogen) atoms. The SMILES string of the molecule is C1=CC2C(CC1)C1CC(C3CCC(C4CCC5SC6CCCCC6C5C4)CC3)CCC1N2C1CCC(C2[N-]C3CCCCC3C(C3CCCCC3)N2)C2CCCCC21. The van der Waals surface area contributed by atoms with E-state index in [1.807, 2.05) is 0 Å². The number of hydrogen-bond acceptors (Lipinski definition) is 3. The van der Waals surface area contributed by atoms with Gasteiger partial charge in [0.1, 0.15) is 0 Å². The molecule has 18 atom stereocenters. The van der Waals surface area contributed by atoms with E-state index in [1.54, 1.807) is 70.6 Å². The van der Waals surface area contributed by atoms with Gasteiger partial charge in [0.15, 0.2) is 0 Å². The van der Waals surface area contributed by atoms with Crippen molar-refractivity contribution in [1.82, 2.24) is 10.2 Å². The first kappa shape index (κ1) is 39.6. The van der Waals surface area contributed by atoms with E-state index in [1.165, 1.54) is 128 Å². The zero-order valence-electron chi connectivity index (χ0n) is 37.0. The lowest BCUT2D eigenvalue weighted by atomic mass is 9.60. The number of hydrogen-bond donors (Lipinski definition) is 1. The summed E-state index contributed by atoms with van der Waals surface area (Å²) in [5.41, 5.74) is 0. The van der Waals surface area contributed by atoms with Crippen LogP contribution >= 0.6 is 11.8 Å². The van der Waals surface area contributed by atoms with Gasteiger partial charge < -0.3 is 10.6 Å². The second kappa shape index (κ2) is 17.2. The zero-order chi connectivity index (χ0) is 38.2. The molecular formula is C54H86N3S-. The van der Waals surface area contributed by atoms with Crippen LogP contribution in [0.2, 0.25) is 0 Å². The number of rotatable bonds is 5. The molecule has 0 bridgehead atoms. The molecule has 3 aliphatic heterocycles. The van der Waals surface area contributed by atoms with E-state index in [-0.39, 0.29) is 0 Å². The fraction of sp³-hybridized carbons (Fsp3) is 0.963. The molecule has 0 radical (unpaired) electrons. The highest BCUT2D eigenvalue weighted by atomic mass is 32.2. The number of nitrogens with one attached hydrogen (secondary N) is 1. The van der Waals surface area contributed by atoms with Gasteiger partial charge in [0.25, 0.3) is 0 Å². The van der Waals surface area contributed by atoms with Crippen LogP contribution in [0.4, 0.5) is 0 Å². The second-order valence-electron chi connectivity index (χ2n) is 24.1. The minimum Gasteiger partial charge on any atom is -0.644 e. The van der Waals surface area contributed by atoms with Crippen molar-refractivity contribution in [2.75, 3.05) is 0 Å². The maximum Gasteiger partial charge on any atom is 0.0315 e. The highest BCUT2D eigenvalue weighted by molar-refractivity contribution is 8.00. The van der Waals surface area contributed by atoms with Crippen molar-refractivity contribution in [2.24, 2.45) is 76.9 Å². The standard InChI is InChI=1S/C54H86N3S/c1-2-12-36(13-3-1)53-44-18-6-9-19-47(44)55-54(56-53)43-28-30-49(40-15-5-4-14-39(40)43)57-48-20-10-7-16-41(48)45-32-37(26-29-50(45)57)34-22-24-35(25-23-34)38-27-31-52-46(33-38)42-17-8-11-21-51(42)58-52/h10,20,34-54,56H,1-9,11-19,21-33H2/q-1. The average Bonchev–Trinajstić information content (AvgIpc) is 3.83. The summed E-state index contributed by atoms with van der Waals surface area (Å²) in [5, 5.41) is 12.5. The Bertz CT molecular complexity index is 1420. The molecule has 0 amide bonds. The molecule has 1 N–H and O–H groups in total. The van der Waals surface area contributed by atoms with Crippen LogP contribution in [-0.4, -0.2) is 51.8 Å². The van der Waals surface area contributed by atoms with E-state index in [4.69, 9.17) is 5.32 Å². The van der Waals surface area contributed by atoms with E-state index in [2.05, 4.69) is 34.1 Å². The molecule has 3 saturated heterocycles. The van der Waals surface area contributed by atoms with Gasteiger partial charge in [-0.1, -0.05) is 88.9 Å². The smallest absolute Gasteiger partial charge is 0.0315 e. The third-order valence-electron chi connectivity index (χ3n) is 21.9. The third-order valence-corrected chi connectivity index (χ3v) is 23.8. The molecule has 12 rings (SSSR count). The summed E-state index contributed by atoms with van der Waals surface area (Å²) < 4.78 is 0. The van der Waals surface area contributed by atoms with Crippen LogP contribution in [0.3, 0.4) is 0 Å². The summed E-state index contributed by atoms with van der Waals surface area (Å²) in [6.07, 6.45) is 52.8. The van der Waals surface area contributed by atoms with Crippen LogP contribution in [0.5, 0.6) is 0 Å². The predicted molar refractivity (Wildman–Crippen MR) is 244 cm³/mol. The minimum atomic E-state index is 0.456. The number of thioether (sulfide) groups is 1. The Kier molecular flexibility index (Phi) is 11.7. The molecule has 8 saturated carbocycles. The first-order chi connectivity index (χ1) is 28.7. The van der Waals surface area contributed by atoms with Crippen molar-refractivity contribution >= 4 is 11.8 Å². The maximum atomic E-state index is 5.89. The Balaban J connectivity index is 0.711. The summed E-state index contributed by atoms with van der Waals surface area (Å²) >= 11 is 2.48. The average molecular weight is 809 g/mol. The Hall–Kier alpha value is -0.0300. The minimum absolute atomic E-state index is 0.456. The van der Waals surface area contributed by atoms with Gasteiger partial charge in [-0.3, -0.25) is 4.90 Å². The molecule has 4 heteroatoms. The highest BCUT2D eigenvalue weighted by Crippen LogP contribution is 2.60. The first-order valence-corrected chi connectivity index (χ1v) is 28.2. The maximum absolute atomic E-state index is 5.89. The number of fused-ring (bicyclic) bond motifs is 8. The summed E-state index contributed by atoms with van der Waals surface area (Å²) in [6.45, 7) is 0. The molecule has 18 unspecified atom stereocenters. The van der Waals surface area contributed by atoms with Gasteiger partial charge in [0.05, 0.1) is 0 Å². The summed E-state index contributed by atoms with van der Waals surface area (Å²) in [6, 6.07) is 3.91. The highest BCUT2D eigenvalue weighted by Gasteiger charge is 2.57. The van der Waals surface area contributed by atoms with E-state index >= 15 is 0 Å². The predicted octanol–water partition coefficient (Wildman–Crippen LogP) is 13.7. The van der Waals surface area contributed by atoms with Crippen LogP contribution in [0, 0.1) is 76.9 Å². The van der Waals surface area contributed by atoms with Crippen molar-refractivity contribution in [3.8, 4) is 0 Å². The lowest BCUT2D eigenvalue weighted by Gasteiger charge is -2.63. The molecule has 0 aromatic heterocycles. The fourth-order valence-corrected chi connectivity index (χ4v) is 21.5. The molecule has 3 nitrogen and oxygen atoms in total. The van der Waals surface area contributed by atoms with Gasteiger partial charge in [0, 0.05) is 34.7 Å². The fourth-order valence-electron chi connectivity index (χ4n) is 19.4. The zero-order valence-corrected chi connectivity index (χ0v) is 37.8. The molecule has 11 fully saturated rings. The van der Waals surface area contributed by atoms with Gasteiger partial charge >= 0.3 is 0 Å². The summed E-state index contributed by atoms with van der Waals surface area (Å²) in [4.78, 5) is 3.33. The van der Waals surface area contributed by atoms with E-state index in [9.17, 15) is 0 Å². The van der Waals surface area contributed by atoms with Crippen LogP contribution in [0.1, 0.15) is 199 Å². The third kappa shape index (κ3) is 7.23. The Morgan fingerprint density at radius 2 is 1.05 bits per heavy atom. The van der Waals surface area contributed by atoms with Crippen molar-refractivity contribution in [2.45, 2.75) is 246 Å². The lowest BCUT2D eigenvalue weighted by Crippen LogP contribution is -2.62. The molecule has 3 heterocycles. The monoisotopic (exact) mass is 809 g/mol. The molecular weight excluding hydrogens is 723 g/mol. The molecule has 324 valence electrons. The molecule has 9 aliphatic carbocycles. The molecule has 0 spiro atoms. The van der Waals surface area contributed by atoms with Crippen LogP contribution in [-0.2, 0) is 0 Å². The van der Waals surface area contributed by atoms with Crippen LogP contribution < -0.4 is 5.32 Å². The quantitative estimate of drug-likeness (QED) is 0.281. The molecule has 0 aromatic rings. The topological polar surface area (TPSA) is 29.4 Å². The summed E-state index contributed by atoms with van der Waals surface area (Å²) in [5.74, 6) is 12.8. The number of allylic oxidation sites excluding steroid dienone is 1. The first-order valence-electron chi connectivity index (χ1n) is 27.3. The van der Waals surface area contributed by atoms with Crippen molar-refractivity contribution in [3.63, 3.8) is 0 Å². The van der Waals surface area contributed by atoms with E-state index in [0.29, 0.717) is 12.2 Å². The number of likely N-dealkylation sites (tertiary alicyclic amines) is 1. The van der Waals surface area contributed by atoms with Crippen molar-refractivity contribution in [1.29, 1.82) is 0 Å². The second-order valence-corrected chi connectivity index (χ2v) is 25.6.